The van der Waals surface area contributed by atoms with Gasteiger partial charge >= 0.3 is 0 Å². The fourth-order valence-corrected chi connectivity index (χ4v) is 3.01. The smallest absolute Gasteiger partial charge is 0.185 e. The molecule has 9 nitrogen and oxygen atoms in total. The fraction of sp³-hybridized carbons (Fsp3) is 0.615. The Balaban J connectivity index is 0. The van der Waals surface area contributed by atoms with Crippen LogP contribution in [0.4, 0.5) is 0 Å². The van der Waals surface area contributed by atoms with Crippen LogP contribution in [0.5, 0.6) is 0 Å². The maximum absolute atomic E-state index is 10.2. The van der Waals surface area contributed by atoms with Gasteiger partial charge in [0.25, 0.3) is 0 Å². The van der Waals surface area contributed by atoms with Crippen LogP contribution in [0.1, 0.15) is 67.2 Å². The number of nitrogens with zero attached hydrogens (tertiary/aromatic N) is 3. The molecule has 0 spiro atoms. The zero-order valence-electron chi connectivity index (χ0n) is 22.5. The number of aliphatic hydroxyl groups is 4. The molecule has 1 aliphatic carbocycles. The Kier molecular flexibility index (Phi) is 20.9. The average molecular weight is 497 g/mol. The molecule has 3 unspecified atom stereocenters. The zero-order chi connectivity index (χ0) is 27.3. The molecule has 0 aromatic heterocycles. The van der Waals surface area contributed by atoms with Crippen LogP contribution in [0, 0.1) is 5.92 Å². The molecule has 0 radical (unpaired) electrons. The summed E-state index contributed by atoms with van der Waals surface area (Å²) in [5, 5.41) is 42.0. The number of likely N-dealkylation sites (N-methyl/N-ethyl adjacent to an activating group) is 1. The molecule has 0 amide bonds. The van der Waals surface area contributed by atoms with Gasteiger partial charge in [-0.1, -0.05) is 71.9 Å². The molecular formula is C26H48N4O5. The lowest BCUT2D eigenvalue weighted by Crippen LogP contribution is -2.28. The van der Waals surface area contributed by atoms with Crippen molar-refractivity contribution in [2.24, 2.45) is 21.7 Å². The summed E-state index contributed by atoms with van der Waals surface area (Å²) in [7, 11) is 1.76. The van der Waals surface area contributed by atoms with E-state index in [9.17, 15) is 5.11 Å². The van der Waals surface area contributed by atoms with Gasteiger partial charge in [-0.15, -0.1) is 0 Å². The molecule has 1 fully saturated rings. The first-order chi connectivity index (χ1) is 16.8. The van der Waals surface area contributed by atoms with E-state index in [0.29, 0.717) is 24.4 Å². The normalized spacial score (nSPS) is 25.5. The molecular weight excluding hydrogens is 448 g/mol. The molecule has 6 N–H and O–H groups in total. The molecule has 0 aromatic carbocycles. The van der Waals surface area contributed by atoms with Crippen molar-refractivity contribution in [1.29, 1.82) is 0 Å². The monoisotopic (exact) mass is 496 g/mol. The predicted octanol–water partition coefficient (Wildman–Crippen LogP) is 3.43. The van der Waals surface area contributed by atoms with Crippen LogP contribution in [0.2, 0.25) is 0 Å². The number of amidine groups is 1. The minimum Gasteiger partial charge on any atom is -0.396 e. The van der Waals surface area contributed by atoms with Gasteiger partial charge in [0.1, 0.15) is 12.0 Å². The van der Waals surface area contributed by atoms with Crippen LogP contribution in [0.25, 0.3) is 0 Å². The van der Waals surface area contributed by atoms with Crippen LogP contribution in [-0.4, -0.2) is 69.4 Å². The second kappa shape index (κ2) is 21.0. The molecule has 3 aliphatic rings. The van der Waals surface area contributed by atoms with E-state index in [2.05, 4.69) is 10.1 Å². The number of hydrogen-bond donors (Lipinski definition) is 5. The molecule has 1 saturated heterocycles. The average Bonchev–Trinajstić information content (AvgIpc) is 3.26. The second-order valence-corrected chi connectivity index (χ2v) is 6.94. The summed E-state index contributed by atoms with van der Waals surface area (Å²) in [4.78, 5) is 3.90. The summed E-state index contributed by atoms with van der Waals surface area (Å²) >= 11 is 0. The van der Waals surface area contributed by atoms with Crippen molar-refractivity contribution in [3.05, 3.63) is 48.2 Å². The van der Waals surface area contributed by atoms with E-state index in [4.69, 9.17) is 25.8 Å². The van der Waals surface area contributed by atoms with Gasteiger partial charge in [-0.2, -0.15) is 5.10 Å². The van der Waals surface area contributed by atoms with Crippen molar-refractivity contribution < 1.29 is 25.2 Å². The van der Waals surface area contributed by atoms with Gasteiger partial charge < -0.3 is 30.9 Å². The third-order valence-electron chi connectivity index (χ3n) is 4.69. The van der Waals surface area contributed by atoms with Gasteiger partial charge in [-0.05, 0) is 31.4 Å². The number of rotatable bonds is 5. The Labute approximate surface area is 211 Å². The number of aliphatic imine (C=N–C) groups is 1. The summed E-state index contributed by atoms with van der Waals surface area (Å²) in [6, 6.07) is 0. The van der Waals surface area contributed by atoms with Crippen molar-refractivity contribution >= 4 is 12.2 Å². The van der Waals surface area contributed by atoms with E-state index < -0.39 is 12.1 Å². The van der Waals surface area contributed by atoms with Crippen LogP contribution < -0.4 is 5.73 Å². The summed E-state index contributed by atoms with van der Waals surface area (Å²) in [5.41, 5.74) is 6.40. The lowest BCUT2D eigenvalue weighted by atomic mass is 10.0. The molecule has 35 heavy (non-hydrogen) atoms. The molecule has 0 bridgehead atoms. The highest BCUT2D eigenvalue weighted by atomic mass is 16.6. The number of aliphatic hydroxyl groups excluding tert-OH is 2. The highest BCUT2D eigenvalue weighted by molar-refractivity contribution is 6.01. The molecule has 2 aliphatic heterocycles. The maximum atomic E-state index is 10.2. The molecule has 202 valence electrons. The number of hydrogen-bond acceptors (Lipinski definition) is 9. The molecule has 3 rings (SSSR count). The predicted molar refractivity (Wildman–Crippen MR) is 145 cm³/mol. The first-order valence-corrected chi connectivity index (χ1v) is 12.5. The topological polar surface area (TPSA) is 144 Å². The lowest BCUT2D eigenvalue weighted by molar-refractivity contribution is -0.157. The second-order valence-electron chi connectivity index (χ2n) is 6.94. The van der Waals surface area contributed by atoms with E-state index in [1.54, 1.807) is 36.4 Å². The van der Waals surface area contributed by atoms with Gasteiger partial charge in [-0.25, -0.2) is 4.99 Å². The maximum Gasteiger partial charge on any atom is 0.185 e. The molecule has 0 aromatic rings. The van der Waals surface area contributed by atoms with Crippen molar-refractivity contribution in [3.8, 4) is 0 Å². The quantitative estimate of drug-likeness (QED) is 0.367. The van der Waals surface area contributed by atoms with Crippen molar-refractivity contribution in [2.45, 2.75) is 85.4 Å². The largest absolute Gasteiger partial charge is 0.396 e. The molecule has 0 saturated carbocycles. The summed E-state index contributed by atoms with van der Waals surface area (Å²) in [5.74, 6) is -1.01. The van der Waals surface area contributed by atoms with Crippen molar-refractivity contribution in [3.63, 3.8) is 0 Å². The highest BCUT2D eigenvalue weighted by Crippen LogP contribution is 2.30. The van der Waals surface area contributed by atoms with Crippen LogP contribution in [0.15, 0.2) is 58.3 Å². The SMILES string of the molecule is CC.CC.CC.CN1N=CN=C(N)/C1=C/C=C/C1(O)CCC(CCO)O1.OC(O)C1C=CC=CC1. The van der Waals surface area contributed by atoms with Crippen molar-refractivity contribution in [2.75, 3.05) is 13.7 Å². The first kappa shape index (κ1) is 34.9. The number of nitrogens with two attached hydrogens (primary N) is 1. The molecule has 9 heteroatoms. The summed E-state index contributed by atoms with van der Waals surface area (Å²) in [6.07, 6.45) is 15.0. The number of ether oxygens (including phenoxy) is 1. The molecule has 3 atom stereocenters. The minimum absolute atomic E-state index is 0.0598. The Morgan fingerprint density at radius 1 is 1.20 bits per heavy atom. The highest BCUT2D eigenvalue weighted by Gasteiger charge is 2.35. The fourth-order valence-electron chi connectivity index (χ4n) is 3.01. The van der Waals surface area contributed by atoms with Crippen LogP contribution in [-0.2, 0) is 4.74 Å². The standard InChI is InChI=1S/C13H20N4O3.C7H10O2.3C2H6/c1-17-11(12(14)15-9-16-17)3-2-6-13(19)7-4-10(20-13)5-8-18;8-7(9)6-4-2-1-3-5-6;3*1-2/h2-3,6,9-10,18-19H,4-5,7-8H2,1H3,(H2,14,15,16);1-4,6-9H,5H2;3*1-2H3/b6-2+,11-3-;;;;. The zero-order valence-corrected chi connectivity index (χ0v) is 22.5. The Morgan fingerprint density at radius 3 is 2.34 bits per heavy atom. The lowest BCUT2D eigenvalue weighted by Gasteiger charge is -2.20. The van der Waals surface area contributed by atoms with E-state index >= 15 is 0 Å². The summed E-state index contributed by atoms with van der Waals surface area (Å²) < 4.78 is 5.51. The Morgan fingerprint density at radius 2 is 1.86 bits per heavy atom. The molecule has 2 heterocycles. The van der Waals surface area contributed by atoms with Gasteiger partial charge in [0.2, 0.25) is 0 Å². The first-order valence-electron chi connectivity index (χ1n) is 12.5. The van der Waals surface area contributed by atoms with Crippen LogP contribution >= 0.6 is 0 Å². The van der Waals surface area contributed by atoms with Gasteiger partial charge in [0.15, 0.2) is 17.9 Å². The summed E-state index contributed by atoms with van der Waals surface area (Å²) in [6.45, 7) is 12.1. The van der Waals surface area contributed by atoms with Crippen molar-refractivity contribution in [1.82, 2.24) is 5.01 Å². The number of allylic oxidation sites excluding steroid dienone is 5. The van der Waals surface area contributed by atoms with Gasteiger partial charge in [-0.3, -0.25) is 5.01 Å². The van der Waals surface area contributed by atoms with Gasteiger partial charge in [0.05, 0.1) is 6.10 Å². The van der Waals surface area contributed by atoms with E-state index in [-0.39, 0.29) is 18.6 Å². The number of hydrazone groups is 1. The third kappa shape index (κ3) is 14.0. The van der Waals surface area contributed by atoms with E-state index in [1.165, 1.54) is 6.34 Å². The van der Waals surface area contributed by atoms with Gasteiger partial charge in [0, 0.05) is 26.0 Å². The Hall–Kier alpha value is -2.30. The minimum atomic E-state index is -1.28. The Bertz CT molecular complexity index is 717. The van der Waals surface area contributed by atoms with E-state index in [1.807, 2.05) is 59.8 Å². The van der Waals surface area contributed by atoms with E-state index in [0.717, 1.165) is 12.8 Å². The third-order valence-corrected chi connectivity index (χ3v) is 4.69. The van der Waals surface area contributed by atoms with Crippen LogP contribution in [0.3, 0.4) is 0 Å².